The second-order valence-corrected chi connectivity index (χ2v) is 7.65. The van der Waals surface area contributed by atoms with E-state index in [9.17, 15) is 9.59 Å². The van der Waals surface area contributed by atoms with E-state index in [0.29, 0.717) is 28.0 Å². The molecule has 0 spiro atoms. The number of fused-ring (bicyclic) bond motifs is 1. The zero-order valence-electron chi connectivity index (χ0n) is 16.7. The number of thiazole rings is 1. The lowest BCUT2D eigenvalue weighted by Gasteiger charge is -2.26. The van der Waals surface area contributed by atoms with Gasteiger partial charge in [-0.2, -0.15) is 0 Å². The van der Waals surface area contributed by atoms with Crippen LogP contribution in [0.1, 0.15) is 12.5 Å². The average molecular weight is 423 g/mol. The van der Waals surface area contributed by atoms with Crippen LogP contribution in [0.25, 0.3) is 11.3 Å². The van der Waals surface area contributed by atoms with Gasteiger partial charge in [-0.3, -0.25) is 14.9 Å². The molecule has 4 rings (SSSR count). The van der Waals surface area contributed by atoms with Crippen molar-refractivity contribution in [1.82, 2.24) is 4.98 Å². The standard InChI is InChI=1S/C22H21N3O4S/c1-3-14-4-7-16(8-5-14)28-11-20(26)24-22-23-17(13-30-22)15-6-9-19-18(10-15)25(2)21(27)12-29-19/h4-10,13H,3,11-12H2,1-2H3,(H,23,24,26). The number of likely N-dealkylation sites (N-methyl/N-ethyl adjacent to an activating group) is 1. The van der Waals surface area contributed by atoms with Crippen molar-refractivity contribution in [3.05, 3.63) is 53.4 Å². The molecule has 7 nitrogen and oxygen atoms in total. The van der Waals surface area contributed by atoms with Gasteiger partial charge in [-0.25, -0.2) is 4.98 Å². The van der Waals surface area contributed by atoms with Gasteiger partial charge < -0.3 is 14.4 Å². The van der Waals surface area contributed by atoms with Crippen LogP contribution < -0.4 is 19.7 Å². The highest BCUT2D eigenvalue weighted by molar-refractivity contribution is 7.14. The molecule has 2 heterocycles. The van der Waals surface area contributed by atoms with Crippen LogP contribution in [-0.4, -0.2) is 37.1 Å². The first-order valence-electron chi connectivity index (χ1n) is 9.54. The first-order chi connectivity index (χ1) is 14.5. The van der Waals surface area contributed by atoms with Crippen molar-refractivity contribution in [2.45, 2.75) is 13.3 Å². The van der Waals surface area contributed by atoms with Crippen LogP contribution in [-0.2, 0) is 16.0 Å². The molecule has 0 aliphatic carbocycles. The second-order valence-electron chi connectivity index (χ2n) is 6.80. The summed E-state index contributed by atoms with van der Waals surface area (Å²) in [5.41, 5.74) is 3.46. The maximum Gasteiger partial charge on any atom is 0.264 e. The minimum absolute atomic E-state index is 0.0422. The first kappa shape index (κ1) is 19.9. The Kier molecular flexibility index (Phi) is 5.67. The van der Waals surface area contributed by atoms with Crippen molar-refractivity contribution in [3.63, 3.8) is 0 Å². The van der Waals surface area contributed by atoms with E-state index >= 15 is 0 Å². The summed E-state index contributed by atoms with van der Waals surface area (Å²) in [6.45, 7) is 2.03. The lowest BCUT2D eigenvalue weighted by molar-refractivity contribution is -0.121. The lowest BCUT2D eigenvalue weighted by Crippen LogP contribution is -2.35. The molecule has 3 aromatic rings. The van der Waals surface area contributed by atoms with Gasteiger partial charge in [0.05, 0.1) is 11.4 Å². The molecule has 2 aromatic carbocycles. The molecular formula is C22H21N3O4S. The summed E-state index contributed by atoms with van der Waals surface area (Å²) in [5.74, 6) is 0.931. The Morgan fingerprint density at radius 2 is 2.07 bits per heavy atom. The summed E-state index contributed by atoms with van der Waals surface area (Å²) in [5, 5.41) is 5.10. The first-order valence-corrected chi connectivity index (χ1v) is 10.4. The summed E-state index contributed by atoms with van der Waals surface area (Å²) < 4.78 is 11.0. The van der Waals surface area contributed by atoms with Crippen molar-refractivity contribution in [1.29, 1.82) is 0 Å². The number of nitrogens with zero attached hydrogens (tertiary/aromatic N) is 2. The summed E-state index contributed by atoms with van der Waals surface area (Å²) in [6.07, 6.45) is 0.955. The molecule has 154 valence electrons. The summed E-state index contributed by atoms with van der Waals surface area (Å²) in [7, 11) is 1.72. The van der Waals surface area contributed by atoms with Crippen LogP contribution in [0.15, 0.2) is 47.8 Å². The fourth-order valence-corrected chi connectivity index (χ4v) is 3.76. The minimum Gasteiger partial charge on any atom is -0.484 e. The Hall–Kier alpha value is -3.39. The molecule has 1 aliphatic rings. The van der Waals surface area contributed by atoms with E-state index in [1.807, 2.05) is 47.8 Å². The molecule has 30 heavy (non-hydrogen) atoms. The number of hydrogen-bond donors (Lipinski definition) is 1. The molecule has 1 aromatic heterocycles. The number of anilines is 2. The van der Waals surface area contributed by atoms with Gasteiger partial charge in [-0.05, 0) is 42.3 Å². The topological polar surface area (TPSA) is 80.8 Å². The number of ether oxygens (including phenoxy) is 2. The average Bonchev–Trinajstić information content (AvgIpc) is 3.23. The molecule has 0 fully saturated rings. The number of carbonyl (C=O) groups is 2. The molecule has 0 saturated heterocycles. The smallest absolute Gasteiger partial charge is 0.264 e. The Bertz CT molecular complexity index is 1080. The normalized spacial score (nSPS) is 12.9. The van der Waals surface area contributed by atoms with Gasteiger partial charge in [0.1, 0.15) is 11.5 Å². The Labute approximate surface area is 178 Å². The van der Waals surface area contributed by atoms with E-state index in [1.54, 1.807) is 11.9 Å². The lowest BCUT2D eigenvalue weighted by atomic mass is 10.1. The highest BCUT2D eigenvalue weighted by Crippen LogP contribution is 2.36. The third kappa shape index (κ3) is 4.28. The number of carbonyl (C=O) groups excluding carboxylic acids is 2. The highest BCUT2D eigenvalue weighted by atomic mass is 32.1. The number of rotatable bonds is 6. The fraction of sp³-hybridized carbons (Fsp3) is 0.227. The zero-order chi connectivity index (χ0) is 21.1. The number of aromatic nitrogens is 1. The van der Waals surface area contributed by atoms with Crippen LogP contribution >= 0.6 is 11.3 Å². The van der Waals surface area contributed by atoms with Gasteiger partial charge in [0.25, 0.3) is 11.8 Å². The predicted octanol–water partition coefficient (Wildman–Crippen LogP) is 3.75. The van der Waals surface area contributed by atoms with Gasteiger partial charge in [0.2, 0.25) is 0 Å². The van der Waals surface area contributed by atoms with Crippen LogP contribution in [0.5, 0.6) is 11.5 Å². The van der Waals surface area contributed by atoms with Gasteiger partial charge in [0, 0.05) is 18.0 Å². The highest BCUT2D eigenvalue weighted by Gasteiger charge is 2.23. The van der Waals surface area contributed by atoms with E-state index in [-0.39, 0.29) is 25.0 Å². The molecule has 0 unspecified atom stereocenters. The summed E-state index contributed by atoms with van der Waals surface area (Å²) in [6, 6.07) is 13.2. The quantitative estimate of drug-likeness (QED) is 0.653. The monoisotopic (exact) mass is 423 g/mol. The van der Waals surface area contributed by atoms with E-state index in [4.69, 9.17) is 9.47 Å². The molecule has 1 aliphatic heterocycles. The second kappa shape index (κ2) is 8.54. The molecule has 0 saturated carbocycles. The molecule has 0 radical (unpaired) electrons. The summed E-state index contributed by atoms with van der Waals surface area (Å²) in [4.78, 5) is 30.1. The third-order valence-electron chi connectivity index (χ3n) is 4.79. The van der Waals surface area contributed by atoms with E-state index < -0.39 is 0 Å². The maximum atomic E-state index is 12.2. The van der Waals surface area contributed by atoms with Crippen LogP contribution in [0.2, 0.25) is 0 Å². The molecule has 1 N–H and O–H groups in total. The molecule has 2 amide bonds. The van der Waals surface area contributed by atoms with Gasteiger partial charge in [-0.1, -0.05) is 19.1 Å². The third-order valence-corrected chi connectivity index (χ3v) is 5.55. The van der Waals surface area contributed by atoms with Crippen LogP contribution in [0.4, 0.5) is 10.8 Å². The van der Waals surface area contributed by atoms with Crippen molar-refractivity contribution in [2.24, 2.45) is 0 Å². The maximum absolute atomic E-state index is 12.2. The van der Waals surface area contributed by atoms with Crippen LogP contribution in [0.3, 0.4) is 0 Å². The Morgan fingerprint density at radius 3 is 2.83 bits per heavy atom. The number of benzene rings is 2. The largest absolute Gasteiger partial charge is 0.484 e. The van der Waals surface area contributed by atoms with Crippen molar-refractivity contribution in [2.75, 3.05) is 30.5 Å². The minimum atomic E-state index is -0.278. The van der Waals surface area contributed by atoms with Gasteiger partial charge in [0.15, 0.2) is 18.3 Å². The van der Waals surface area contributed by atoms with Crippen molar-refractivity contribution in [3.8, 4) is 22.8 Å². The summed E-state index contributed by atoms with van der Waals surface area (Å²) >= 11 is 1.33. The molecule has 0 bridgehead atoms. The Morgan fingerprint density at radius 1 is 1.27 bits per heavy atom. The number of amides is 2. The van der Waals surface area contributed by atoms with Gasteiger partial charge >= 0.3 is 0 Å². The number of aryl methyl sites for hydroxylation is 1. The van der Waals surface area contributed by atoms with Crippen molar-refractivity contribution < 1.29 is 19.1 Å². The van der Waals surface area contributed by atoms with Crippen molar-refractivity contribution >= 4 is 34.0 Å². The number of hydrogen-bond acceptors (Lipinski definition) is 6. The van der Waals surface area contributed by atoms with E-state index in [0.717, 1.165) is 12.0 Å². The SMILES string of the molecule is CCc1ccc(OCC(=O)Nc2nc(-c3ccc4c(c3)N(C)C(=O)CO4)cs2)cc1. The molecular weight excluding hydrogens is 402 g/mol. The molecule has 8 heteroatoms. The van der Waals surface area contributed by atoms with Gasteiger partial charge in [-0.15, -0.1) is 11.3 Å². The fourth-order valence-electron chi connectivity index (χ4n) is 3.02. The van der Waals surface area contributed by atoms with Crippen LogP contribution in [0, 0.1) is 0 Å². The zero-order valence-corrected chi connectivity index (χ0v) is 17.5. The van der Waals surface area contributed by atoms with E-state index in [1.165, 1.54) is 16.9 Å². The van der Waals surface area contributed by atoms with E-state index in [2.05, 4.69) is 17.2 Å². The Balaban J connectivity index is 1.39. The number of nitrogens with one attached hydrogen (secondary N) is 1. The predicted molar refractivity (Wildman–Crippen MR) is 116 cm³/mol. The molecule has 0 atom stereocenters.